The SMILES string of the molecule is Cc1nnc2nc(NC(C)c3cc(N)cc(C(F)(F)F)c3)c3c(n12)CN(C(=O)C12CC(F)C(C1)C2)C3. The molecule has 8 nitrogen and oxygen atoms in total. The largest absolute Gasteiger partial charge is 0.416 e. The maximum Gasteiger partial charge on any atom is 0.416 e. The molecule has 2 bridgehead atoms. The van der Waals surface area contributed by atoms with E-state index in [0.717, 1.165) is 23.4 Å². The summed E-state index contributed by atoms with van der Waals surface area (Å²) >= 11 is 0. The highest BCUT2D eigenvalue weighted by Crippen LogP contribution is 2.61. The molecule has 0 spiro atoms. The molecule has 3 heterocycles. The molecule has 0 saturated heterocycles. The lowest BCUT2D eigenvalue weighted by Gasteiger charge is -2.39. The number of halogens is 4. The summed E-state index contributed by atoms with van der Waals surface area (Å²) in [5, 5.41) is 11.4. The van der Waals surface area contributed by atoms with Crippen molar-refractivity contribution < 1.29 is 22.4 Å². The summed E-state index contributed by atoms with van der Waals surface area (Å²) in [5.41, 5.74) is 6.19. The third-order valence-electron chi connectivity index (χ3n) is 7.92. The number of nitrogen functional groups attached to an aromatic ring is 1. The van der Waals surface area contributed by atoms with E-state index in [9.17, 15) is 22.4 Å². The third kappa shape index (κ3) is 3.40. The number of nitrogens with two attached hydrogens (primary N) is 1. The topological polar surface area (TPSA) is 101 Å². The normalized spacial score (nSPS) is 25.7. The Balaban J connectivity index is 1.34. The van der Waals surface area contributed by atoms with Crippen LogP contribution in [0.4, 0.5) is 29.1 Å². The Morgan fingerprint density at radius 2 is 1.94 bits per heavy atom. The zero-order chi connectivity index (χ0) is 25.6. The van der Waals surface area contributed by atoms with Gasteiger partial charge in [0.1, 0.15) is 17.8 Å². The first-order chi connectivity index (χ1) is 16.9. The Bertz CT molecular complexity index is 1400. The van der Waals surface area contributed by atoms with E-state index in [1.165, 1.54) is 6.07 Å². The number of aromatic nitrogens is 4. The molecular weight excluding hydrogens is 478 g/mol. The minimum atomic E-state index is -4.53. The number of carbonyl (C=O) groups is 1. The van der Waals surface area contributed by atoms with Gasteiger partial charge in [-0.15, -0.1) is 10.2 Å². The van der Waals surface area contributed by atoms with Gasteiger partial charge in [-0.05, 0) is 62.8 Å². The van der Waals surface area contributed by atoms with Gasteiger partial charge in [-0.1, -0.05) is 0 Å². The van der Waals surface area contributed by atoms with E-state index < -0.39 is 29.4 Å². The van der Waals surface area contributed by atoms with Crippen molar-refractivity contribution in [2.75, 3.05) is 11.1 Å². The summed E-state index contributed by atoms with van der Waals surface area (Å²) in [7, 11) is 0. The van der Waals surface area contributed by atoms with E-state index >= 15 is 0 Å². The number of nitrogens with zero attached hydrogens (tertiary/aromatic N) is 5. The average Bonchev–Trinajstić information content (AvgIpc) is 3.53. The van der Waals surface area contributed by atoms with Gasteiger partial charge < -0.3 is 16.0 Å². The van der Waals surface area contributed by atoms with Gasteiger partial charge in [-0.2, -0.15) is 18.2 Å². The van der Waals surface area contributed by atoms with Crippen molar-refractivity contribution in [3.63, 3.8) is 0 Å². The number of rotatable bonds is 4. The van der Waals surface area contributed by atoms with Crippen LogP contribution >= 0.6 is 0 Å². The standard InChI is InChI=1S/C24H25F4N7O/c1-11(13-3-15(24(26,27)28)5-16(29)4-13)30-20-17-9-34(21(36)23-6-14(7-23)18(25)8-23)10-19(17)35-12(2)32-33-22(35)31-20/h3-5,11,14,18H,6-10,29H2,1-2H3,(H,30,31,33). The second-order valence-electron chi connectivity index (χ2n) is 10.4. The zero-order valence-corrected chi connectivity index (χ0v) is 19.7. The highest BCUT2D eigenvalue weighted by atomic mass is 19.4. The van der Waals surface area contributed by atoms with Crippen LogP contribution in [0.2, 0.25) is 0 Å². The fourth-order valence-corrected chi connectivity index (χ4v) is 6.08. The van der Waals surface area contributed by atoms with Crippen molar-refractivity contribution in [1.29, 1.82) is 0 Å². The Morgan fingerprint density at radius 1 is 1.19 bits per heavy atom. The van der Waals surface area contributed by atoms with Crippen molar-refractivity contribution in [3.8, 4) is 0 Å². The molecular formula is C24H25F4N7O. The Kier molecular flexibility index (Phi) is 4.81. The summed E-state index contributed by atoms with van der Waals surface area (Å²) in [6, 6.07) is 2.87. The number of nitrogens with one attached hydrogen (secondary N) is 1. The zero-order valence-electron chi connectivity index (χ0n) is 19.7. The summed E-state index contributed by atoms with van der Waals surface area (Å²) in [5.74, 6) is 1.27. The molecule has 12 heteroatoms. The fourth-order valence-electron chi connectivity index (χ4n) is 6.08. The second-order valence-corrected chi connectivity index (χ2v) is 10.4. The van der Waals surface area contributed by atoms with E-state index in [0.29, 0.717) is 42.4 Å². The van der Waals surface area contributed by atoms with Crippen LogP contribution in [0.25, 0.3) is 5.78 Å². The lowest BCUT2D eigenvalue weighted by molar-refractivity contribution is -0.147. The maximum atomic E-state index is 14.1. The van der Waals surface area contributed by atoms with Crippen LogP contribution in [-0.4, -0.2) is 36.6 Å². The first kappa shape index (κ1) is 23.0. The first-order valence-corrected chi connectivity index (χ1v) is 11.9. The molecule has 1 amide bonds. The highest BCUT2D eigenvalue weighted by molar-refractivity contribution is 5.85. The lowest BCUT2D eigenvalue weighted by atomic mass is 9.69. The number of fused-ring (bicyclic) bond motifs is 4. The molecule has 1 aliphatic heterocycles. The molecule has 7 rings (SSSR count). The second kappa shape index (κ2) is 7.53. The number of aryl methyl sites for hydroxylation is 1. The Hall–Kier alpha value is -3.44. The van der Waals surface area contributed by atoms with Crippen LogP contribution in [0.3, 0.4) is 0 Å². The minimum absolute atomic E-state index is 0.00718. The number of anilines is 2. The molecule has 3 aliphatic carbocycles. The van der Waals surface area contributed by atoms with Gasteiger partial charge in [-0.3, -0.25) is 9.20 Å². The summed E-state index contributed by atoms with van der Waals surface area (Å²) < 4.78 is 55.9. The summed E-state index contributed by atoms with van der Waals surface area (Å²) in [6.07, 6.45) is -4.02. The molecule has 4 aliphatic rings. The molecule has 3 saturated carbocycles. The van der Waals surface area contributed by atoms with Crippen LogP contribution in [-0.2, 0) is 24.1 Å². The average molecular weight is 504 g/mol. The number of carbonyl (C=O) groups excluding carboxylic acids is 1. The molecule has 3 N–H and O–H groups in total. The maximum absolute atomic E-state index is 14.1. The van der Waals surface area contributed by atoms with E-state index in [2.05, 4.69) is 20.5 Å². The number of hydrogen-bond acceptors (Lipinski definition) is 6. The molecule has 190 valence electrons. The molecule has 2 aromatic heterocycles. The van der Waals surface area contributed by atoms with Crippen molar-refractivity contribution >= 4 is 23.2 Å². The monoisotopic (exact) mass is 503 g/mol. The van der Waals surface area contributed by atoms with Gasteiger partial charge in [0.2, 0.25) is 5.91 Å². The highest BCUT2D eigenvalue weighted by Gasteiger charge is 2.62. The van der Waals surface area contributed by atoms with Crippen molar-refractivity contribution in [2.45, 2.75) is 64.6 Å². The Morgan fingerprint density at radius 3 is 2.61 bits per heavy atom. The number of amides is 1. The van der Waals surface area contributed by atoms with Crippen LogP contribution in [0, 0.1) is 18.3 Å². The van der Waals surface area contributed by atoms with E-state index in [1.807, 2.05) is 0 Å². The van der Waals surface area contributed by atoms with Gasteiger partial charge in [0.25, 0.3) is 5.78 Å². The lowest BCUT2D eigenvalue weighted by Crippen LogP contribution is -2.44. The molecule has 3 aromatic rings. The molecule has 0 radical (unpaired) electrons. The Labute approximate surface area is 203 Å². The molecule has 1 aromatic carbocycles. The fraction of sp³-hybridized carbons (Fsp3) is 0.500. The van der Waals surface area contributed by atoms with Crippen LogP contribution in [0.15, 0.2) is 18.2 Å². The molecule has 2 atom stereocenters. The smallest absolute Gasteiger partial charge is 0.399 e. The van der Waals surface area contributed by atoms with E-state index in [4.69, 9.17) is 5.73 Å². The van der Waals surface area contributed by atoms with E-state index in [-0.39, 0.29) is 30.5 Å². The summed E-state index contributed by atoms with van der Waals surface area (Å²) in [4.78, 5) is 19.8. The van der Waals surface area contributed by atoms with Crippen LogP contribution < -0.4 is 11.1 Å². The van der Waals surface area contributed by atoms with Crippen LogP contribution in [0.5, 0.6) is 0 Å². The first-order valence-electron chi connectivity index (χ1n) is 11.9. The van der Waals surface area contributed by atoms with Crippen molar-refractivity contribution in [3.05, 3.63) is 46.4 Å². The van der Waals surface area contributed by atoms with Crippen molar-refractivity contribution in [1.82, 2.24) is 24.5 Å². The van der Waals surface area contributed by atoms with Gasteiger partial charge in [0.05, 0.1) is 35.8 Å². The number of hydrogen-bond donors (Lipinski definition) is 2. The minimum Gasteiger partial charge on any atom is -0.399 e. The van der Waals surface area contributed by atoms with Crippen LogP contribution in [0.1, 0.15) is 60.4 Å². The van der Waals surface area contributed by atoms with Gasteiger partial charge in [-0.25, -0.2) is 4.39 Å². The molecule has 3 fully saturated rings. The predicted octanol–water partition coefficient (Wildman–Crippen LogP) is 4.19. The molecule has 36 heavy (non-hydrogen) atoms. The molecule has 2 unspecified atom stereocenters. The number of alkyl halides is 4. The van der Waals surface area contributed by atoms with Gasteiger partial charge >= 0.3 is 6.18 Å². The predicted molar refractivity (Wildman–Crippen MR) is 122 cm³/mol. The van der Waals surface area contributed by atoms with Gasteiger partial charge in [0.15, 0.2) is 0 Å². The summed E-state index contributed by atoms with van der Waals surface area (Å²) in [6.45, 7) is 4.06. The third-order valence-corrected chi connectivity index (χ3v) is 7.92. The quantitative estimate of drug-likeness (QED) is 0.409. The van der Waals surface area contributed by atoms with Crippen molar-refractivity contribution in [2.24, 2.45) is 11.3 Å². The number of benzene rings is 1. The van der Waals surface area contributed by atoms with E-state index in [1.54, 1.807) is 23.1 Å². The van der Waals surface area contributed by atoms with Gasteiger partial charge in [0, 0.05) is 11.3 Å².